The Morgan fingerprint density at radius 1 is 1.07 bits per heavy atom. The van der Waals surface area contributed by atoms with Gasteiger partial charge in [0, 0.05) is 16.1 Å². The molecule has 7 heteroatoms. The quantitative estimate of drug-likeness (QED) is 0.503. The third-order valence-corrected chi connectivity index (χ3v) is 5.32. The van der Waals surface area contributed by atoms with Crippen LogP contribution >= 0.6 is 15.9 Å². The minimum Gasteiger partial charge on any atom is -0.494 e. The number of hydrazine groups is 1. The van der Waals surface area contributed by atoms with Gasteiger partial charge in [0.05, 0.1) is 6.61 Å². The average Bonchev–Trinajstić information content (AvgIpc) is 3.39. The van der Waals surface area contributed by atoms with Gasteiger partial charge in [0.15, 0.2) is 0 Å². The van der Waals surface area contributed by atoms with Gasteiger partial charge in [-0.05, 0) is 54.8 Å². The molecule has 2 aromatic carbocycles. The third kappa shape index (κ3) is 4.43. The second-order valence-electron chi connectivity index (χ2n) is 6.86. The summed E-state index contributed by atoms with van der Waals surface area (Å²) in [4.78, 5) is 4.56. The fraction of sp³-hybridized carbons (Fsp3) is 0.333. The van der Waals surface area contributed by atoms with E-state index in [-0.39, 0.29) is 12.1 Å². The second-order valence-corrected chi connectivity index (χ2v) is 7.78. The summed E-state index contributed by atoms with van der Waals surface area (Å²) in [7, 11) is 0. The van der Waals surface area contributed by atoms with Gasteiger partial charge in [-0.2, -0.15) is 4.98 Å². The Kier molecular flexibility index (Phi) is 6.04. The van der Waals surface area contributed by atoms with Crippen molar-refractivity contribution in [2.24, 2.45) is 0 Å². The first-order valence-electron chi connectivity index (χ1n) is 9.56. The molecule has 28 heavy (non-hydrogen) atoms. The van der Waals surface area contributed by atoms with Crippen LogP contribution in [0.2, 0.25) is 0 Å². The van der Waals surface area contributed by atoms with E-state index in [9.17, 15) is 0 Å². The molecular weight excluding hydrogens is 420 g/mol. The second kappa shape index (κ2) is 8.86. The van der Waals surface area contributed by atoms with Crippen molar-refractivity contribution < 1.29 is 9.26 Å². The predicted octanol–water partition coefficient (Wildman–Crippen LogP) is 4.96. The maximum atomic E-state index is 5.73. The molecule has 0 amide bonds. The lowest BCUT2D eigenvalue weighted by Crippen LogP contribution is -2.26. The molecule has 6 nitrogen and oxygen atoms in total. The van der Waals surface area contributed by atoms with Gasteiger partial charge in [0.25, 0.3) is 0 Å². The average molecular weight is 443 g/mol. The summed E-state index contributed by atoms with van der Waals surface area (Å²) >= 11 is 3.44. The Morgan fingerprint density at radius 2 is 1.82 bits per heavy atom. The molecule has 1 saturated heterocycles. The van der Waals surface area contributed by atoms with E-state index in [1.807, 2.05) is 36.4 Å². The smallest absolute Gasteiger partial charge is 0.245 e. The number of rotatable bonds is 7. The van der Waals surface area contributed by atoms with E-state index >= 15 is 0 Å². The number of aromatic nitrogens is 2. The number of nitrogens with one attached hydrogen (secondary N) is 2. The maximum Gasteiger partial charge on any atom is 0.245 e. The molecule has 0 saturated carbocycles. The Hall–Kier alpha value is -2.22. The largest absolute Gasteiger partial charge is 0.494 e. The van der Waals surface area contributed by atoms with Gasteiger partial charge in [-0.3, -0.25) is 0 Å². The molecule has 0 bridgehead atoms. The zero-order valence-corrected chi connectivity index (χ0v) is 17.3. The van der Waals surface area contributed by atoms with Crippen molar-refractivity contribution >= 4 is 15.9 Å². The van der Waals surface area contributed by atoms with Crippen LogP contribution in [0.25, 0.3) is 11.4 Å². The molecular formula is C21H23BrN4O2. The van der Waals surface area contributed by atoms with E-state index in [0.29, 0.717) is 11.7 Å². The predicted molar refractivity (Wildman–Crippen MR) is 111 cm³/mol. The summed E-state index contributed by atoms with van der Waals surface area (Å²) in [5.74, 6) is 2.10. The number of halogens is 1. The molecule has 1 aliphatic heterocycles. The van der Waals surface area contributed by atoms with Gasteiger partial charge in [0.2, 0.25) is 11.7 Å². The Bertz CT molecular complexity index is 896. The molecule has 1 fully saturated rings. The molecule has 146 valence electrons. The monoisotopic (exact) mass is 442 g/mol. The van der Waals surface area contributed by atoms with Crippen LogP contribution in [-0.4, -0.2) is 16.7 Å². The zero-order chi connectivity index (χ0) is 19.3. The van der Waals surface area contributed by atoms with Crippen LogP contribution in [-0.2, 0) is 0 Å². The number of hydrogen-bond acceptors (Lipinski definition) is 6. The molecule has 2 heterocycles. The van der Waals surface area contributed by atoms with E-state index in [2.05, 4.69) is 56.0 Å². The SMILES string of the molecule is CCCCOc1ccc(C2CC(c3nc(-c4ccc(Br)cc4)no3)NN2)cc1. The molecule has 2 N–H and O–H groups in total. The van der Waals surface area contributed by atoms with Gasteiger partial charge in [-0.15, -0.1) is 0 Å². The first kappa shape index (κ1) is 19.1. The highest BCUT2D eigenvalue weighted by atomic mass is 79.9. The van der Waals surface area contributed by atoms with Crippen molar-refractivity contribution in [3.63, 3.8) is 0 Å². The van der Waals surface area contributed by atoms with E-state index in [1.165, 1.54) is 5.56 Å². The fourth-order valence-electron chi connectivity index (χ4n) is 3.16. The Morgan fingerprint density at radius 3 is 2.57 bits per heavy atom. The number of ether oxygens (including phenoxy) is 1. The van der Waals surface area contributed by atoms with Gasteiger partial charge in [-0.25, -0.2) is 10.9 Å². The lowest BCUT2D eigenvalue weighted by Gasteiger charge is -2.11. The minimum absolute atomic E-state index is 0.0258. The van der Waals surface area contributed by atoms with Crippen LogP contribution in [0.4, 0.5) is 0 Å². The molecule has 0 aliphatic carbocycles. The van der Waals surface area contributed by atoms with Crippen molar-refractivity contribution in [1.82, 2.24) is 21.0 Å². The van der Waals surface area contributed by atoms with Crippen molar-refractivity contribution in [3.05, 3.63) is 64.5 Å². The Labute approximate surface area is 172 Å². The minimum atomic E-state index is -0.0258. The summed E-state index contributed by atoms with van der Waals surface area (Å²) in [5, 5.41) is 4.12. The molecule has 1 aromatic heterocycles. The van der Waals surface area contributed by atoms with Crippen LogP contribution < -0.4 is 15.6 Å². The van der Waals surface area contributed by atoms with Gasteiger partial charge in [0.1, 0.15) is 11.8 Å². The van der Waals surface area contributed by atoms with Crippen LogP contribution in [0, 0.1) is 0 Å². The van der Waals surface area contributed by atoms with Crippen LogP contribution in [0.3, 0.4) is 0 Å². The van der Waals surface area contributed by atoms with Crippen LogP contribution in [0.15, 0.2) is 57.5 Å². The lowest BCUT2D eigenvalue weighted by atomic mass is 10.0. The first-order valence-corrected chi connectivity index (χ1v) is 10.4. The Balaban J connectivity index is 1.38. The van der Waals surface area contributed by atoms with Gasteiger partial charge in [-0.1, -0.05) is 46.6 Å². The molecule has 0 radical (unpaired) electrons. The normalized spacial score (nSPS) is 19.1. The van der Waals surface area contributed by atoms with Crippen molar-refractivity contribution in [2.75, 3.05) is 6.61 Å². The van der Waals surface area contributed by atoms with Crippen molar-refractivity contribution in [3.8, 4) is 17.1 Å². The van der Waals surface area contributed by atoms with Gasteiger partial charge >= 0.3 is 0 Å². The molecule has 2 unspecified atom stereocenters. The third-order valence-electron chi connectivity index (χ3n) is 4.79. The fourth-order valence-corrected chi connectivity index (χ4v) is 3.42. The highest BCUT2D eigenvalue weighted by Gasteiger charge is 2.30. The summed E-state index contributed by atoms with van der Waals surface area (Å²) in [6.45, 7) is 2.92. The molecule has 2 atom stereocenters. The summed E-state index contributed by atoms with van der Waals surface area (Å²) in [6, 6.07) is 16.3. The standard InChI is InChI=1S/C21H23BrN4O2/c1-2-3-12-27-17-10-6-14(7-11-17)18-13-19(25-24-18)21-23-20(26-28-21)15-4-8-16(22)9-5-15/h4-11,18-19,24-25H,2-3,12-13H2,1H3. The van der Waals surface area contributed by atoms with Crippen LogP contribution in [0.5, 0.6) is 5.75 Å². The van der Waals surface area contributed by atoms with E-state index in [1.54, 1.807) is 0 Å². The number of hydrogen-bond donors (Lipinski definition) is 2. The first-order chi connectivity index (χ1) is 13.7. The summed E-state index contributed by atoms with van der Waals surface area (Å²) < 4.78 is 12.3. The molecule has 1 aliphatic rings. The number of unbranched alkanes of at least 4 members (excludes halogenated alkanes) is 1. The van der Waals surface area contributed by atoms with Crippen molar-refractivity contribution in [2.45, 2.75) is 38.3 Å². The lowest BCUT2D eigenvalue weighted by molar-refractivity contribution is 0.309. The number of nitrogens with zero attached hydrogens (tertiary/aromatic N) is 2. The molecule has 3 aromatic rings. The molecule has 0 spiro atoms. The van der Waals surface area contributed by atoms with Crippen molar-refractivity contribution in [1.29, 1.82) is 0 Å². The summed E-state index contributed by atoms with van der Waals surface area (Å²) in [5.41, 5.74) is 8.72. The van der Waals surface area contributed by atoms with E-state index < -0.39 is 0 Å². The van der Waals surface area contributed by atoms with Crippen LogP contribution in [0.1, 0.15) is 49.7 Å². The van der Waals surface area contributed by atoms with E-state index in [4.69, 9.17) is 9.26 Å². The number of benzene rings is 2. The summed E-state index contributed by atoms with van der Waals surface area (Å²) in [6.07, 6.45) is 3.04. The highest BCUT2D eigenvalue weighted by molar-refractivity contribution is 9.10. The topological polar surface area (TPSA) is 72.2 Å². The van der Waals surface area contributed by atoms with E-state index in [0.717, 1.165) is 41.7 Å². The van der Waals surface area contributed by atoms with Gasteiger partial charge < -0.3 is 9.26 Å². The maximum absolute atomic E-state index is 5.73. The zero-order valence-electron chi connectivity index (χ0n) is 15.7. The highest BCUT2D eigenvalue weighted by Crippen LogP contribution is 2.31. The molecule has 4 rings (SSSR count).